The monoisotopic (exact) mass is 372 g/mol. The van der Waals surface area contributed by atoms with Gasteiger partial charge in [0.05, 0.1) is 10.6 Å². The molecule has 5 heteroatoms. The molecule has 0 saturated heterocycles. The van der Waals surface area contributed by atoms with Crippen molar-refractivity contribution in [3.8, 4) is 5.69 Å². The fourth-order valence-electron chi connectivity index (χ4n) is 2.10. The lowest BCUT2D eigenvalue weighted by molar-refractivity contribution is 0.602. The largest absolute Gasteiger partial charge is 0.304 e. The SMILES string of the molecule is C=C(C)/C=C\C(C)=C/C.Cc1cn(-c2ccc(S(C)(=O)=O)cc2)c(C)n1. The van der Waals surface area contributed by atoms with Crippen LogP contribution in [-0.4, -0.2) is 24.2 Å². The van der Waals surface area contributed by atoms with Crippen LogP contribution in [0.2, 0.25) is 0 Å². The fourth-order valence-corrected chi connectivity index (χ4v) is 2.73. The molecule has 0 fully saturated rings. The van der Waals surface area contributed by atoms with E-state index in [2.05, 4.69) is 30.6 Å². The molecule has 140 valence electrons. The van der Waals surface area contributed by atoms with Gasteiger partial charge in [-0.25, -0.2) is 13.4 Å². The van der Waals surface area contributed by atoms with E-state index >= 15 is 0 Å². The summed E-state index contributed by atoms with van der Waals surface area (Å²) in [5.41, 5.74) is 4.22. The normalized spacial score (nSPS) is 12.0. The number of benzene rings is 1. The lowest BCUT2D eigenvalue weighted by Gasteiger charge is -2.05. The maximum atomic E-state index is 11.3. The van der Waals surface area contributed by atoms with Crippen LogP contribution in [0.25, 0.3) is 5.69 Å². The Labute approximate surface area is 157 Å². The van der Waals surface area contributed by atoms with Gasteiger partial charge in [-0.3, -0.25) is 0 Å². The van der Waals surface area contributed by atoms with E-state index in [-0.39, 0.29) is 0 Å². The molecular weight excluding hydrogens is 344 g/mol. The molecule has 0 saturated carbocycles. The number of hydrogen-bond acceptors (Lipinski definition) is 3. The quantitative estimate of drug-likeness (QED) is 0.711. The Morgan fingerprint density at radius 2 is 1.69 bits per heavy atom. The van der Waals surface area contributed by atoms with Crippen molar-refractivity contribution in [3.05, 3.63) is 77.9 Å². The third kappa shape index (κ3) is 6.84. The molecule has 2 rings (SSSR count). The maximum Gasteiger partial charge on any atom is 0.175 e. The molecule has 2 aromatic rings. The Morgan fingerprint density at radius 3 is 2.08 bits per heavy atom. The van der Waals surface area contributed by atoms with Crippen molar-refractivity contribution in [2.45, 2.75) is 39.5 Å². The van der Waals surface area contributed by atoms with Crippen LogP contribution in [0, 0.1) is 13.8 Å². The maximum absolute atomic E-state index is 11.3. The zero-order valence-electron chi connectivity index (χ0n) is 16.4. The highest BCUT2D eigenvalue weighted by molar-refractivity contribution is 7.90. The first-order valence-corrected chi connectivity index (χ1v) is 10.2. The summed E-state index contributed by atoms with van der Waals surface area (Å²) in [6.45, 7) is 13.7. The van der Waals surface area contributed by atoms with Gasteiger partial charge in [-0.15, -0.1) is 0 Å². The first-order valence-electron chi connectivity index (χ1n) is 8.34. The molecule has 0 radical (unpaired) electrons. The number of hydrogen-bond donors (Lipinski definition) is 0. The van der Waals surface area contributed by atoms with Crippen LogP contribution in [0.5, 0.6) is 0 Å². The molecule has 0 unspecified atom stereocenters. The molecule has 0 N–H and O–H groups in total. The molecule has 0 spiro atoms. The van der Waals surface area contributed by atoms with Gasteiger partial charge in [0.15, 0.2) is 9.84 Å². The Morgan fingerprint density at radius 1 is 1.12 bits per heavy atom. The fraction of sp³-hybridized carbons (Fsp3) is 0.286. The molecule has 26 heavy (non-hydrogen) atoms. The average molecular weight is 373 g/mol. The number of imidazole rings is 1. The highest BCUT2D eigenvalue weighted by atomic mass is 32.2. The first kappa shape index (κ1) is 21.6. The lowest BCUT2D eigenvalue weighted by Crippen LogP contribution is -1.99. The minimum absolute atomic E-state index is 0.329. The third-order valence-corrected chi connectivity index (χ3v) is 4.76. The van der Waals surface area contributed by atoms with E-state index in [1.165, 1.54) is 11.8 Å². The predicted molar refractivity (Wildman–Crippen MR) is 110 cm³/mol. The lowest BCUT2D eigenvalue weighted by atomic mass is 10.2. The smallest absolute Gasteiger partial charge is 0.175 e. The van der Waals surface area contributed by atoms with Crippen molar-refractivity contribution in [3.63, 3.8) is 0 Å². The Balaban J connectivity index is 0.000000321. The third-order valence-electron chi connectivity index (χ3n) is 3.63. The number of allylic oxidation sites excluding steroid dienone is 5. The van der Waals surface area contributed by atoms with Gasteiger partial charge in [-0.05, 0) is 58.9 Å². The molecule has 0 aliphatic rings. The van der Waals surface area contributed by atoms with Crippen molar-refractivity contribution >= 4 is 9.84 Å². The van der Waals surface area contributed by atoms with Crippen LogP contribution in [0.3, 0.4) is 0 Å². The van der Waals surface area contributed by atoms with E-state index < -0.39 is 9.84 Å². The molecule has 1 aromatic heterocycles. The number of aryl methyl sites for hydroxylation is 2. The highest BCUT2D eigenvalue weighted by Crippen LogP contribution is 2.15. The highest BCUT2D eigenvalue weighted by Gasteiger charge is 2.08. The van der Waals surface area contributed by atoms with Crippen LogP contribution >= 0.6 is 0 Å². The van der Waals surface area contributed by atoms with E-state index in [1.807, 2.05) is 44.5 Å². The molecule has 0 amide bonds. The summed E-state index contributed by atoms with van der Waals surface area (Å²) in [7, 11) is -3.13. The number of aromatic nitrogens is 2. The van der Waals surface area contributed by atoms with Crippen LogP contribution < -0.4 is 0 Å². The molecular formula is C21H28N2O2S. The molecule has 0 aliphatic heterocycles. The van der Waals surface area contributed by atoms with Crippen molar-refractivity contribution in [2.75, 3.05) is 6.26 Å². The summed E-state index contributed by atoms with van der Waals surface area (Å²) in [6, 6.07) is 6.79. The first-order chi connectivity index (χ1) is 12.0. The second-order valence-electron chi connectivity index (χ2n) is 6.28. The summed E-state index contributed by atoms with van der Waals surface area (Å²) in [6.07, 6.45) is 9.26. The Hall–Kier alpha value is -2.40. The molecule has 4 nitrogen and oxygen atoms in total. The Kier molecular flexibility index (Phi) is 7.77. The van der Waals surface area contributed by atoms with E-state index in [4.69, 9.17) is 0 Å². The molecule has 1 aromatic carbocycles. The minimum Gasteiger partial charge on any atom is -0.304 e. The zero-order chi connectivity index (χ0) is 19.9. The van der Waals surface area contributed by atoms with Crippen LogP contribution in [-0.2, 0) is 9.84 Å². The number of rotatable bonds is 4. The standard InChI is InChI=1S/C12H14N2O2S.C9H14/c1-9-8-14(10(2)13-9)11-4-6-12(7-5-11)17(3,15)16;1-5-9(4)7-6-8(2)3/h4-8H,1-3H3;5-7H,2H2,1,3-4H3/b;7-6-,9-5-. The van der Waals surface area contributed by atoms with E-state index in [0.717, 1.165) is 22.8 Å². The molecule has 0 atom stereocenters. The van der Waals surface area contributed by atoms with Gasteiger partial charge in [-0.2, -0.15) is 0 Å². The summed E-state index contributed by atoms with van der Waals surface area (Å²) in [4.78, 5) is 4.63. The summed E-state index contributed by atoms with van der Waals surface area (Å²) in [5, 5.41) is 0. The molecule has 0 aliphatic carbocycles. The van der Waals surface area contributed by atoms with Gasteiger partial charge in [0.2, 0.25) is 0 Å². The van der Waals surface area contributed by atoms with Crippen molar-refractivity contribution in [1.82, 2.24) is 9.55 Å². The number of nitrogens with zero attached hydrogens (tertiary/aromatic N) is 2. The molecule has 1 heterocycles. The second-order valence-corrected chi connectivity index (χ2v) is 8.29. The van der Waals surface area contributed by atoms with E-state index in [0.29, 0.717) is 4.90 Å². The summed E-state index contributed by atoms with van der Waals surface area (Å²) in [5.74, 6) is 0.884. The summed E-state index contributed by atoms with van der Waals surface area (Å²) >= 11 is 0. The topological polar surface area (TPSA) is 52.0 Å². The zero-order valence-corrected chi connectivity index (χ0v) is 17.3. The van der Waals surface area contributed by atoms with Gasteiger partial charge < -0.3 is 4.57 Å². The predicted octanol–water partition coefficient (Wildman–Crippen LogP) is 4.98. The van der Waals surface area contributed by atoms with Gasteiger partial charge in [0.1, 0.15) is 5.82 Å². The Bertz CT molecular complexity index is 915. The van der Waals surface area contributed by atoms with Gasteiger partial charge in [0, 0.05) is 18.1 Å². The van der Waals surface area contributed by atoms with E-state index in [1.54, 1.807) is 24.3 Å². The van der Waals surface area contributed by atoms with Crippen molar-refractivity contribution in [2.24, 2.45) is 0 Å². The van der Waals surface area contributed by atoms with E-state index in [9.17, 15) is 8.42 Å². The average Bonchev–Trinajstić information content (AvgIpc) is 2.91. The van der Waals surface area contributed by atoms with Crippen molar-refractivity contribution in [1.29, 1.82) is 0 Å². The second kappa shape index (κ2) is 9.34. The van der Waals surface area contributed by atoms with Gasteiger partial charge in [0.25, 0.3) is 0 Å². The van der Waals surface area contributed by atoms with Crippen LogP contribution in [0.4, 0.5) is 0 Å². The number of sulfone groups is 1. The van der Waals surface area contributed by atoms with Crippen molar-refractivity contribution < 1.29 is 8.42 Å². The summed E-state index contributed by atoms with van der Waals surface area (Å²) < 4.78 is 24.6. The molecule has 0 bridgehead atoms. The van der Waals surface area contributed by atoms with Gasteiger partial charge in [-0.1, -0.05) is 36.0 Å². The van der Waals surface area contributed by atoms with Gasteiger partial charge >= 0.3 is 0 Å². The minimum atomic E-state index is -3.13. The van der Waals surface area contributed by atoms with Crippen LogP contribution in [0.1, 0.15) is 32.3 Å². The van der Waals surface area contributed by atoms with Crippen LogP contribution in [0.15, 0.2) is 71.3 Å².